The predicted molar refractivity (Wildman–Crippen MR) is 103 cm³/mol. The van der Waals surface area contributed by atoms with Crippen LogP contribution in [0.5, 0.6) is 5.75 Å². The molecule has 0 bridgehead atoms. The van der Waals surface area contributed by atoms with Crippen LogP contribution in [-0.4, -0.2) is 43.1 Å². The molecule has 0 radical (unpaired) electrons. The van der Waals surface area contributed by atoms with Crippen molar-refractivity contribution in [1.29, 1.82) is 0 Å². The van der Waals surface area contributed by atoms with Gasteiger partial charge in [-0.15, -0.1) is 0 Å². The fraction of sp³-hybridized carbons (Fsp3) is 0.667. The smallest absolute Gasteiger partial charge is 0.260 e. The molecule has 1 aliphatic rings. The summed E-state index contributed by atoms with van der Waals surface area (Å²) < 4.78 is 5.84. The van der Waals surface area contributed by atoms with Gasteiger partial charge >= 0.3 is 0 Å². The Morgan fingerprint density at radius 2 is 1.96 bits per heavy atom. The van der Waals surface area contributed by atoms with Gasteiger partial charge in [-0.1, -0.05) is 26.0 Å². The van der Waals surface area contributed by atoms with E-state index >= 15 is 0 Å². The monoisotopic (exact) mass is 346 g/mol. The molecule has 1 aromatic rings. The van der Waals surface area contributed by atoms with E-state index in [0.29, 0.717) is 6.54 Å². The molecule has 0 aromatic heterocycles. The summed E-state index contributed by atoms with van der Waals surface area (Å²) in [5.74, 6) is 2.31. The number of aryl methyl sites for hydroxylation is 1. The van der Waals surface area contributed by atoms with Gasteiger partial charge in [-0.3, -0.25) is 4.79 Å². The highest BCUT2D eigenvalue weighted by atomic mass is 16.5. The Morgan fingerprint density at radius 1 is 1.28 bits per heavy atom. The van der Waals surface area contributed by atoms with Crippen molar-refractivity contribution in [3.63, 3.8) is 0 Å². The lowest BCUT2D eigenvalue weighted by Gasteiger charge is -2.34. The van der Waals surface area contributed by atoms with Crippen LogP contribution in [0.3, 0.4) is 0 Å². The van der Waals surface area contributed by atoms with Crippen LogP contribution in [0.15, 0.2) is 18.2 Å². The second kappa shape index (κ2) is 9.23. The molecule has 2 rings (SSSR count). The maximum Gasteiger partial charge on any atom is 0.260 e. The first kappa shape index (κ1) is 19.8. The summed E-state index contributed by atoms with van der Waals surface area (Å²) in [6.45, 7) is 14.7. The molecule has 25 heavy (non-hydrogen) atoms. The maximum absolute atomic E-state index is 12.2. The Hall–Kier alpha value is -1.55. The Morgan fingerprint density at radius 3 is 2.64 bits per heavy atom. The largest absolute Gasteiger partial charge is 0.481 e. The molecule has 1 heterocycles. The lowest BCUT2D eigenvalue weighted by atomic mass is 9.92. The zero-order chi connectivity index (χ0) is 18.4. The van der Waals surface area contributed by atoms with Crippen LogP contribution < -0.4 is 10.1 Å². The van der Waals surface area contributed by atoms with E-state index in [1.165, 1.54) is 25.1 Å². The molecule has 3 unspecified atom stereocenters. The number of hydrogen-bond donors (Lipinski definition) is 1. The van der Waals surface area contributed by atoms with E-state index in [1.807, 2.05) is 26.0 Å². The summed E-state index contributed by atoms with van der Waals surface area (Å²) in [7, 11) is 0. The molecule has 1 N–H and O–H groups in total. The van der Waals surface area contributed by atoms with E-state index in [9.17, 15) is 4.79 Å². The molecular weight excluding hydrogens is 312 g/mol. The van der Waals surface area contributed by atoms with E-state index in [1.54, 1.807) is 0 Å². The van der Waals surface area contributed by atoms with Crippen molar-refractivity contribution in [3.05, 3.63) is 29.3 Å². The third kappa shape index (κ3) is 6.03. The second-order valence-corrected chi connectivity index (χ2v) is 7.81. The summed E-state index contributed by atoms with van der Waals surface area (Å²) in [6.07, 6.45) is 1.84. The van der Waals surface area contributed by atoms with Crippen LogP contribution in [0.1, 0.15) is 44.7 Å². The zero-order valence-corrected chi connectivity index (χ0v) is 16.5. The molecule has 1 saturated heterocycles. The number of benzene rings is 1. The Kier molecular flexibility index (Phi) is 7.30. The molecule has 1 aliphatic heterocycles. The number of rotatable bonds is 7. The van der Waals surface area contributed by atoms with Gasteiger partial charge in [-0.2, -0.15) is 0 Å². The Bertz CT molecular complexity index is 563. The van der Waals surface area contributed by atoms with Gasteiger partial charge in [0.05, 0.1) is 0 Å². The van der Waals surface area contributed by atoms with Crippen molar-refractivity contribution >= 4 is 5.91 Å². The highest BCUT2D eigenvalue weighted by molar-refractivity contribution is 5.80. The fourth-order valence-corrected chi connectivity index (χ4v) is 3.73. The first-order valence-electron chi connectivity index (χ1n) is 9.59. The van der Waals surface area contributed by atoms with Crippen molar-refractivity contribution in [3.8, 4) is 5.75 Å². The predicted octanol–water partition coefficient (Wildman–Crippen LogP) is 3.55. The van der Waals surface area contributed by atoms with Gasteiger partial charge in [0.1, 0.15) is 5.75 Å². The van der Waals surface area contributed by atoms with Crippen molar-refractivity contribution in [2.75, 3.05) is 26.2 Å². The molecule has 4 heteroatoms. The van der Waals surface area contributed by atoms with Gasteiger partial charge in [-0.05, 0) is 69.2 Å². The first-order chi connectivity index (χ1) is 11.9. The van der Waals surface area contributed by atoms with Crippen LogP contribution in [0.25, 0.3) is 0 Å². The number of carbonyl (C=O) groups excluding carboxylic acids is 1. The van der Waals surface area contributed by atoms with Crippen LogP contribution in [0.4, 0.5) is 0 Å². The van der Waals surface area contributed by atoms with Gasteiger partial charge in [0.25, 0.3) is 5.91 Å². The Balaban J connectivity index is 1.70. The molecule has 1 fully saturated rings. The standard InChI is InChI=1S/C21H34N2O2/c1-15-12-16(2)14-23(13-15)11-7-10-22-21(24)19(5)25-20-9-6-8-17(3)18(20)4/h6,8-9,15-16,19H,7,10-14H2,1-5H3,(H,22,24). The second-order valence-electron chi connectivity index (χ2n) is 7.81. The quantitative estimate of drug-likeness (QED) is 0.768. The van der Waals surface area contributed by atoms with Crippen LogP contribution >= 0.6 is 0 Å². The average molecular weight is 347 g/mol. The number of carbonyl (C=O) groups is 1. The number of likely N-dealkylation sites (tertiary alicyclic amines) is 1. The highest BCUT2D eigenvalue weighted by Crippen LogP contribution is 2.22. The topological polar surface area (TPSA) is 41.6 Å². The van der Waals surface area contributed by atoms with Crippen LogP contribution in [-0.2, 0) is 4.79 Å². The summed E-state index contributed by atoms with van der Waals surface area (Å²) in [5.41, 5.74) is 2.27. The van der Waals surface area contributed by atoms with E-state index in [-0.39, 0.29) is 5.91 Å². The van der Waals surface area contributed by atoms with E-state index in [0.717, 1.165) is 36.1 Å². The molecule has 140 valence electrons. The molecule has 0 saturated carbocycles. The van der Waals surface area contributed by atoms with E-state index < -0.39 is 6.10 Å². The van der Waals surface area contributed by atoms with E-state index in [2.05, 4.69) is 37.1 Å². The number of amides is 1. The zero-order valence-electron chi connectivity index (χ0n) is 16.5. The summed E-state index contributed by atoms with van der Waals surface area (Å²) >= 11 is 0. The Labute approximate surface area is 152 Å². The minimum absolute atomic E-state index is 0.0405. The van der Waals surface area contributed by atoms with E-state index in [4.69, 9.17) is 4.74 Å². The third-order valence-corrected chi connectivity index (χ3v) is 5.12. The number of nitrogens with one attached hydrogen (secondary N) is 1. The highest BCUT2D eigenvalue weighted by Gasteiger charge is 2.21. The fourth-order valence-electron chi connectivity index (χ4n) is 3.73. The lowest BCUT2D eigenvalue weighted by molar-refractivity contribution is -0.127. The summed E-state index contributed by atoms with van der Waals surface area (Å²) in [5, 5.41) is 3.01. The van der Waals surface area contributed by atoms with Gasteiger partial charge < -0.3 is 15.0 Å². The van der Waals surface area contributed by atoms with Crippen molar-refractivity contribution in [2.45, 2.75) is 53.6 Å². The maximum atomic E-state index is 12.2. The number of hydrogen-bond acceptors (Lipinski definition) is 3. The third-order valence-electron chi connectivity index (χ3n) is 5.12. The van der Waals surface area contributed by atoms with Crippen molar-refractivity contribution in [1.82, 2.24) is 10.2 Å². The minimum atomic E-state index is -0.476. The van der Waals surface area contributed by atoms with Gasteiger partial charge in [0, 0.05) is 19.6 Å². The number of ether oxygens (including phenoxy) is 1. The molecule has 3 atom stereocenters. The van der Waals surface area contributed by atoms with Crippen molar-refractivity contribution < 1.29 is 9.53 Å². The molecule has 0 spiro atoms. The average Bonchev–Trinajstić information content (AvgIpc) is 2.54. The van der Waals surface area contributed by atoms with Crippen LogP contribution in [0.2, 0.25) is 0 Å². The van der Waals surface area contributed by atoms with Gasteiger partial charge in [-0.25, -0.2) is 0 Å². The lowest BCUT2D eigenvalue weighted by Crippen LogP contribution is -2.41. The molecule has 4 nitrogen and oxygen atoms in total. The molecule has 1 amide bonds. The van der Waals surface area contributed by atoms with Gasteiger partial charge in [0.2, 0.25) is 0 Å². The van der Waals surface area contributed by atoms with Gasteiger partial charge in [0.15, 0.2) is 6.10 Å². The molecule has 1 aromatic carbocycles. The molecule has 0 aliphatic carbocycles. The normalized spacial score (nSPS) is 22.4. The SMILES string of the molecule is Cc1cccc(OC(C)C(=O)NCCCN2CC(C)CC(C)C2)c1C. The summed E-state index contributed by atoms with van der Waals surface area (Å²) in [6, 6.07) is 5.93. The summed E-state index contributed by atoms with van der Waals surface area (Å²) in [4.78, 5) is 14.8. The van der Waals surface area contributed by atoms with Crippen molar-refractivity contribution in [2.24, 2.45) is 11.8 Å². The molecular formula is C21H34N2O2. The minimum Gasteiger partial charge on any atom is -0.481 e. The first-order valence-corrected chi connectivity index (χ1v) is 9.59. The number of piperidine rings is 1. The number of nitrogens with zero attached hydrogens (tertiary/aromatic N) is 1. The van der Waals surface area contributed by atoms with Crippen LogP contribution in [0, 0.1) is 25.7 Å².